The van der Waals surface area contributed by atoms with Crippen LogP contribution in [0.4, 0.5) is 0 Å². The Morgan fingerprint density at radius 2 is 2.10 bits per heavy atom. The zero-order valence-electron chi connectivity index (χ0n) is 13.3. The van der Waals surface area contributed by atoms with E-state index in [2.05, 4.69) is 26.8 Å². The molecule has 1 atom stereocenters. The topological polar surface area (TPSA) is 55.6 Å². The monoisotopic (exact) mass is 290 g/mol. The van der Waals surface area contributed by atoms with Crippen molar-refractivity contribution in [1.29, 1.82) is 0 Å². The fraction of sp³-hybridized carbons (Fsp3) is 0.588. The quantitative estimate of drug-likeness (QED) is 0.926. The first-order valence-electron chi connectivity index (χ1n) is 7.65. The summed E-state index contributed by atoms with van der Waals surface area (Å²) in [4.78, 5) is 14.2. The van der Waals surface area contributed by atoms with Gasteiger partial charge in [0.1, 0.15) is 5.75 Å². The minimum Gasteiger partial charge on any atom is -0.483 e. The molecule has 1 unspecified atom stereocenters. The van der Waals surface area contributed by atoms with Gasteiger partial charge in [0.05, 0.1) is 0 Å². The number of para-hydroxylation sites is 1. The van der Waals surface area contributed by atoms with Crippen LogP contribution in [0.1, 0.15) is 39.2 Å². The van der Waals surface area contributed by atoms with E-state index in [4.69, 9.17) is 10.5 Å². The summed E-state index contributed by atoms with van der Waals surface area (Å²) in [5.74, 6) is 0.827. The summed E-state index contributed by atoms with van der Waals surface area (Å²) < 4.78 is 5.80. The molecule has 1 aliphatic rings. The van der Waals surface area contributed by atoms with Crippen molar-refractivity contribution in [1.82, 2.24) is 4.90 Å². The molecule has 116 valence electrons. The lowest BCUT2D eigenvalue weighted by Gasteiger charge is -2.25. The number of hydrogen-bond acceptors (Lipinski definition) is 3. The Bertz CT molecular complexity index is 494. The van der Waals surface area contributed by atoms with Gasteiger partial charge in [0.15, 0.2) is 6.61 Å². The summed E-state index contributed by atoms with van der Waals surface area (Å²) in [6.45, 7) is 7.84. The van der Waals surface area contributed by atoms with Gasteiger partial charge in [-0.3, -0.25) is 4.79 Å². The van der Waals surface area contributed by atoms with Gasteiger partial charge in [0.25, 0.3) is 5.91 Å². The Balaban J connectivity index is 2.02. The molecule has 1 fully saturated rings. The zero-order valence-corrected chi connectivity index (χ0v) is 13.3. The van der Waals surface area contributed by atoms with Crippen molar-refractivity contribution in [2.45, 2.75) is 45.1 Å². The summed E-state index contributed by atoms with van der Waals surface area (Å²) >= 11 is 0. The Morgan fingerprint density at radius 1 is 1.38 bits per heavy atom. The molecule has 4 nitrogen and oxygen atoms in total. The maximum atomic E-state index is 12.3. The molecule has 0 saturated carbocycles. The van der Waals surface area contributed by atoms with Gasteiger partial charge >= 0.3 is 0 Å². The zero-order chi connectivity index (χ0) is 15.5. The van der Waals surface area contributed by atoms with Crippen molar-refractivity contribution < 1.29 is 9.53 Å². The van der Waals surface area contributed by atoms with Gasteiger partial charge in [-0.2, -0.15) is 0 Å². The molecule has 2 rings (SSSR count). The number of carbonyl (C=O) groups is 1. The largest absolute Gasteiger partial charge is 0.483 e. The van der Waals surface area contributed by atoms with Crippen molar-refractivity contribution in [2.24, 2.45) is 5.73 Å². The number of nitrogens with two attached hydrogens (primary N) is 1. The van der Waals surface area contributed by atoms with Crippen molar-refractivity contribution in [3.05, 3.63) is 29.8 Å². The SMILES string of the molecule is CC(C)(C)c1ccccc1OCC(=O)N1CCCC1CN. The standard InChI is InChI=1S/C17H26N2O2/c1-17(2,3)14-8-4-5-9-15(14)21-12-16(20)19-10-6-7-13(19)11-18/h4-5,8-9,13H,6-7,10-12,18H2,1-3H3. The van der Waals surface area contributed by atoms with Crippen LogP contribution >= 0.6 is 0 Å². The van der Waals surface area contributed by atoms with Crippen LogP contribution in [0.25, 0.3) is 0 Å². The lowest BCUT2D eigenvalue weighted by Crippen LogP contribution is -2.42. The first-order chi connectivity index (χ1) is 9.93. The summed E-state index contributed by atoms with van der Waals surface area (Å²) in [5, 5.41) is 0. The van der Waals surface area contributed by atoms with Crippen LogP contribution in [0, 0.1) is 0 Å². The van der Waals surface area contributed by atoms with E-state index >= 15 is 0 Å². The molecule has 1 aliphatic heterocycles. The van der Waals surface area contributed by atoms with Crippen LogP contribution in [0.5, 0.6) is 5.75 Å². The minimum atomic E-state index is -0.00687. The van der Waals surface area contributed by atoms with Gasteiger partial charge in [-0.05, 0) is 29.9 Å². The first kappa shape index (κ1) is 15.8. The van der Waals surface area contributed by atoms with E-state index in [0.717, 1.165) is 30.7 Å². The Labute approximate surface area is 127 Å². The second-order valence-corrected chi connectivity index (χ2v) is 6.65. The molecular weight excluding hydrogens is 264 g/mol. The van der Waals surface area contributed by atoms with Gasteiger partial charge in [-0.15, -0.1) is 0 Å². The van der Waals surface area contributed by atoms with Crippen LogP contribution in [0.3, 0.4) is 0 Å². The maximum absolute atomic E-state index is 12.3. The third kappa shape index (κ3) is 3.76. The van der Waals surface area contributed by atoms with Crippen molar-refractivity contribution in [3.63, 3.8) is 0 Å². The molecule has 1 aromatic rings. The maximum Gasteiger partial charge on any atom is 0.260 e. The van der Waals surface area contributed by atoms with E-state index < -0.39 is 0 Å². The second kappa shape index (κ2) is 6.48. The van der Waals surface area contributed by atoms with Gasteiger partial charge in [-0.1, -0.05) is 39.0 Å². The smallest absolute Gasteiger partial charge is 0.260 e. The van der Waals surface area contributed by atoms with E-state index in [1.807, 2.05) is 23.1 Å². The van der Waals surface area contributed by atoms with E-state index in [0.29, 0.717) is 6.54 Å². The number of rotatable bonds is 4. The van der Waals surface area contributed by atoms with E-state index in [9.17, 15) is 4.79 Å². The average Bonchev–Trinajstić information content (AvgIpc) is 2.92. The van der Waals surface area contributed by atoms with Gasteiger partial charge in [0.2, 0.25) is 0 Å². The van der Waals surface area contributed by atoms with Crippen LogP contribution < -0.4 is 10.5 Å². The van der Waals surface area contributed by atoms with E-state index in [1.165, 1.54) is 0 Å². The highest BCUT2D eigenvalue weighted by molar-refractivity contribution is 5.78. The molecule has 0 spiro atoms. The molecule has 0 aliphatic carbocycles. The summed E-state index contributed by atoms with van der Waals surface area (Å²) in [5.41, 5.74) is 6.83. The molecule has 1 amide bonds. The number of benzene rings is 1. The third-order valence-electron chi connectivity index (χ3n) is 4.02. The molecule has 1 heterocycles. The first-order valence-corrected chi connectivity index (χ1v) is 7.65. The molecule has 1 aromatic carbocycles. The molecule has 0 bridgehead atoms. The summed E-state index contributed by atoms with van der Waals surface area (Å²) in [6, 6.07) is 8.10. The Hall–Kier alpha value is -1.55. The summed E-state index contributed by atoms with van der Waals surface area (Å²) in [7, 11) is 0. The molecule has 21 heavy (non-hydrogen) atoms. The summed E-state index contributed by atoms with van der Waals surface area (Å²) in [6.07, 6.45) is 2.03. The third-order valence-corrected chi connectivity index (χ3v) is 4.02. The number of likely N-dealkylation sites (tertiary alicyclic amines) is 1. The van der Waals surface area contributed by atoms with Crippen molar-refractivity contribution in [3.8, 4) is 5.75 Å². The van der Waals surface area contributed by atoms with E-state index in [1.54, 1.807) is 0 Å². The van der Waals surface area contributed by atoms with Crippen LogP contribution in [0.2, 0.25) is 0 Å². The van der Waals surface area contributed by atoms with Gasteiger partial charge in [0, 0.05) is 19.1 Å². The Kier molecular flexibility index (Phi) is 4.88. The number of ether oxygens (including phenoxy) is 1. The highest BCUT2D eigenvalue weighted by Crippen LogP contribution is 2.31. The highest BCUT2D eigenvalue weighted by atomic mass is 16.5. The predicted molar refractivity (Wildman–Crippen MR) is 84.4 cm³/mol. The van der Waals surface area contributed by atoms with Crippen molar-refractivity contribution >= 4 is 5.91 Å². The van der Waals surface area contributed by atoms with Crippen molar-refractivity contribution in [2.75, 3.05) is 19.7 Å². The van der Waals surface area contributed by atoms with Gasteiger partial charge < -0.3 is 15.4 Å². The fourth-order valence-electron chi connectivity index (χ4n) is 2.84. The Morgan fingerprint density at radius 3 is 2.76 bits per heavy atom. The minimum absolute atomic E-state index is 0.00687. The second-order valence-electron chi connectivity index (χ2n) is 6.65. The molecule has 2 N–H and O–H groups in total. The predicted octanol–water partition coefficient (Wildman–Crippen LogP) is 2.31. The lowest BCUT2D eigenvalue weighted by atomic mass is 9.86. The van der Waals surface area contributed by atoms with Crippen LogP contribution in [0.15, 0.2) is 24.3 Å². The molecule has 0 radical (unpaired) electrons. The molecule has 0 aromatic heterocycles. The number of nitrogens with zero attached hydrogens (tertiary/aromatic N) is 1. The van der Waals surface area contributed by atoms with Crippen LogP contribution in [-0.4, -0.2) is 36.5 Å². The molecular formula is C17H26N2O2. The number of amides is 1. The number of carbonyl (C=O) groups excluding carboxylic acids is 1. The number of hydrogen-bond donors (Lipinski definition) is 1. The average molecular weight is 290 g/mol. The molecule has 4 heteroatoms. The fourth-order valence-corrected chi connectivity index (χ4v) is 2.84. The normalized spacial score (nSPS) is 18.9. The lowest BCUT2D eigenvalue weighted by molar-refractivity contribution is -0.134. The highest BCUT2D eigenvalue weighted by Gasteiger charge is 2.28. The molecule has 1 saturated heterocycles. The van der Waals surface area contributed by atoms with Crippen LogP contribution in [-0.2, 0) is 10.2 Å². The van der Waals surface area contributed by atoms with E-state index in [-0.39, 0.29) is 24.0 Å². The van der Waals surface area contributed by atoms with Gasteiger partial charge in [-0.25, -0.2) is 0 Å².